The second-order valence-electron chi connectivity index (χ2n) is 9.93. The van der Waals surface area contributed by atoms with E-state index in [1.165, 1.54) is 6.26 Å². The Morgan fingerprint density at radius 1 is 1.06 bits per heavy atom. The molecule has 2 fully saturated rings. The SMILES string of the molecule is CC(C)(C)OC(=O)N1CCC(c2nc(C3CCN(c4ccc(S(C)(=O)=O)cc4)C3)no2)CC1. The van der Waals surface area contributed by atoms with Crippen LogP contribution in [0.3, 0.4) is 0 Å². The molecule has 1 aromatic heterocycles. The molecule has 9 nitrogen and oxygen atoms in total. The van der Waals surface area contributed by atoms with Crippen molar-refractivity contribution in [3.05, 3.63) is 36.0 Å². The molecule has 0 saturated carbocycles. The fraction of sp³-hybridized carbons (Fsp3) is 0.609. The molecule has 0 bridgehead atoms. The summed E-state index contributed by atoms with van der Waals surface area (Å²) in [5, 5.41) is 4.25. The lowest BCUT2D eigenvalue weighted by Crippen LogP contribution is -2.41. The van der Waals surface area contributed by atoms with Crippen LogP contribution in [0.4, 0.5) is 10.5 Å². The van der Waals surface area contributed by atoms with Crippen LogP contribution in [0.25, 0.3) is 0 Å². The van der Waals surface area contributed by atoms with Crippen LogP contribution in [0.2, 0.25) is 0 Å². The van der Waals surface area contributed by atoms with Gasteiger partial charge in [0.15, 0.2) is 15.7 Å². The first-order valence-corrected chi connectivity index (χ1v) is 13.3. The molecule has 2 saturated heterocycles. The van der Waals surface area contributed by atoms with Crippen molar-refractivity contribution in [2.75, 3.05) is 37.3 Å². The first-order valence-electron chi connectivity index (χ1n) is 11.4. The number of aromatic nitrogens is 2. The van der Waals surface area contributed by atoms with Crippen molar-refractivity contribution in [3.63, 3.8) is 0 Å². The zero-order valence-electron chi connectivity index (χ0n) is 19.7. The molecule has 3 heterocycles. The van der Waals surface area contributed by atoms with Crippen LogP contribution in [0.5, 0.6) is 0 Å². The second kappa shape index (κ2) is 8.96. The number of sulfone groups is 1. The number of hydrogen-bond acceptors (Lipinski definition) is 8. The molecule has 33 heavy (non-hydrogen) atoms. The molecule has 4 rings (SSSR count). The van der Waals surface area contributed by atoms with E-state index < -0.39 is 15.4 Å². The summed E-state index contributed by atoms with van der Waals surface area (Å²) < 4.78 is 34.4. The molecule has 0 spiro atoms. The molecule has 0 N–H and O–H groups in total. The van der Waals surface area contributed by atoms with Crippen molar-refractivity contribution in [2.45, 2.75) is 62.4 Å². The molecule has 0 radical (unpaired) electrons. The van der Waals surface area contributed by atoms with Gasteiger partial charge in [-0.05, 0) is 64.3 Å². The minimum atomic E-state index is -3.20. The molecule has 0 aliphatic carbocycles. The predicted octanol–water partition coefficient (Wildman–Crippen LogP) is 3.58. The second-order valence-corrected chi connectivity index (χ2v) is 11.9. The van der Waals surface area contributed by atoms with E-state index in [4.69, 9.17) is 14.2 Å². The largest absolute Gasteiger partial charge is 0.444 e. The summed E-state index contributed by atoms with van der Waals surface area (Å²) in [6.45, 7) is 8.43. The van der Waals surface area contributed by atoms with Gasteiger partial charge in [-0.25, -0.2) is 13.2 Å². The minimum Gasteiger partial charge on any atom is -0.444 e. The third kappa shape index (κ3) is 5.66. The smallest absolute Gasteiger partial charge is 0.410 e. The number of benzene rings is 1. The minimum absolute atomic E-state index is 0.144. The Kier molecular flexibility index (Phi) is 6.39. The molecule has 10 heteroatoms. The number of piperidine rings is 1. The third-order valence-corrected chi connectivity index (χ3v) is 7.27. The van der Waals surface area contributed by atoms with Crippen LogP contribution in [-0.2, 0) is 14.6 Å². The highest BCUT2D eigenvalue weighted by Crippen LogP contribution is 2.32. The summed E-state index contributed by atoms with van der Waals surface area (Å²) in [6.07, 6.45) is 3.38. The fourth-order valence-corrected chi connectivity index (χ4v) is 4.95. The highest BCUT2D eigenvalue weighted by atomic mass is 32.2. The van der Waals surface area contributed by atoms with Gasteiger partial charge in [0, 0.05) is 50.0 Å². The van der Waals surface area contributed by atoms with Gasteiger partial charge in [-0.3, -0.25) is 0 Å². The maximum atomic E-state index is 12.3. The maximum Gasteiger partial charge on any atom is 0.410 e. The van der Waals surface area contributed by atoms with E-state index in [0.29, 0.717) is 23.9 Å². The standard InChI is InChI=1S/C23H32N4O5S/c1-23(2,3)31-22(28)26-12-9-16(10-13-26)21-24-20(25-32-21)17-11-14-27(15-17)18-5-7-19(8-6-18)33(4,29)30/h5-8,16-17H,9-15H2,1-4H3. The average Bonchev–Trinajstić information content (AvgIpc) is 3.42. The van der Waals surface area contributed by atoms with E-state index in [2.05, 4.69) is 10.1 Å². The van der Waals surface area contributed by atoms with Crippen molar-refractivity contribution >= 4 is 21.6 Å². The van der Waals surface area contributed by atoms with E-state index in [1.54, 1.807) is 17.0 Å². The Bertz CT molecular complexity index is 1080. The van der Waals surface area contributed by atoms with Gasteiger partial charge in [0.2, 0.25) is 5.89 Å². The van der Waals surface area contributed by atoms with Gasteiger partial charge in [0.25, 0.3) is 0 Å². The lowest BCUT2D eigenvalue weighted by molar-refractivity contribution is 0.0198. The summed E-state index contributed by atoms with van der Waals surface area (Å²) in [5.41, 5.74) is 0.489. The van der Waals surface area contributed by atoms with E-state index in [9.17, 15) is 13.2 Å². The number of nitrogens with zero attached hydrogens (tertiary/aromatic N) is 4. The lowest BCUT2D eigenvalue weighted by Gasteiger charge is -2.32. The van der Waals surface area contributed by atoms with Gasteiger partial charge in [0.1, 0.15) is 5.60 Å². The first-order chi connectivity index (χ1) is 15.5. The highest BCUT2D eigenvalue weighted by molar-refractivity contribution is 7.90. The number of ether oxygens (including phenoxy) is 1. The van der Waals surface area contributed by atoms with Crippen LogP contribution in [0, 0.1) is 0 Å². The van der Waals surface area contributed by atoms with Crippen molar-refractivity contribution in [2.24, 2.45) is 0 Å². The van der Waals surface area contributed by atoms with Gasteiger partial charge < -0.3 is 19.1 Å². The molecule has 2 aliphatic rings. The maximum absolute atomic E-state index is 12.3. The molecule has 1 amide bonds. The Morgan fingerprint density at radius 2 is 1.70 bits per heavy atom. The normalized spacial score (nSPS) is 20.3. The number of likely N-dealkylation sites (tertiary alicyclic amines) is 1. The molecule has 1 atom stereocenters. The third-order valence-electron chi connectivity index (χ3n) is 6.14. The van der Waals surface area contributed by atoms with Crippen molar-refractivity contribution in [1.29, 1.82) is 0 Å². The van der Waals surface area contributed by atoms with E-state index in [1.807, 2.05) is 32.9 Å². The number of amides is 1. The van der Waals surface area contributed by atoms with E-state index in [0.717, 1.165) is 43.9 Å². The van der Waals surface area contributed by atoms with Gasteiger partial charge in [-0.2, -0.15) is 4.98 Å². The molecule has 2 aromatic rings. The zero-order chi connectivity index (χ0) is 23.8. The fourth-order valence-electron chi connectivity index (χ4n) is 4.32. The topological polar surface area (TPSA) is 106 Å². The molecule has 1 unspecified atom stereocenters. The van der Waals surface area contributed by atoms with Gasteiger partial charge in [0.05, 0.1) is 4.90 Å². The van der Waals surface area contributed by atoms with Crippen molar-refractivity contribution < 1.29 is 22.5 Å². The summed E-state index contributed by atoms with van der Waals surface area (Å²) in [6, 6.07) is 6.99. The van der Waals surface area contributed by atoms with E-state index in [-0.39, 0.29) is 17.9 Å². The summed E-state index contributed by atoms with van der Waals surface area (Å²) in [7, 11) is -3.20. The number of hydrogen-bond donors (Lipinski definition) is 0. The predicted molar refractivity (Wildman–Crippen MR) is 123 cm³/mol. The number of carbonyl (C=O) groups is 1. The number of rotatable bonds is 4. The number of anilines is 1. The highest BCUT2D eigenvalue weighted by Gasteiger charge is 2.32. The lowest BCUT2D eigenvalue weighted by atomic mass is 9.97. The molecule has 180 valence electrons. The van der Waals surface area contributed by atoms with Gasteiger partial charge >= 0.3 is 6.09 Å². The van der Waals surface area contributed by atoms with Crippen LogP contribution >= 0.6 is 0 Å². The average molecular weight is 477 g/mol. The molecular formula is C23H32N4O5S. The van der Waals surface area contributed by atoms with Crippen LogP contribution in [0.1, 0.15) is 63.6 Å². The Labute approximate surface area is 195 Å². The molecule has 1 aromatic carbocycles. The summed E-state index contributed by atoms with van der Waals surface area (Å²) >= 11 is 0. The van der Waals surface area contributed by atoms with Crippen molar-refractivity contribution in [1.82, 2.24) is 15.0 Å². The van der Waals surface area contributed by atoms with Crippen LogP contribution in [0.15, 0.2) is 33.7 Å². The Hall–Kier alpha value is -2.62. The van der Waals surface area contributed by atoms with E-state index >= 15 is 0 Å². The molecular weight excluding hydrogens is 444 g/mol. The molecule has 2 aliphatic heterocycles. The first kappa shape index (κ1) is 23.5. The zero-order valence-corrected chi connectivity index (χ0v) is 20.5. The Morgan fingerprint density at radius 3 is 2.30 bits per heavy atom. The Balaban J connectivity index is 1.33. The monoisotopic (exact) mass is 476 g/mol. The van der Waals surface area contributed by atoms with Gasteiger partial charge in [-0.1, -0.05) is 5.16 Å². The quantitative estimate of drug-likeness (QED) is 0.659. The van der Waals surface area contributed by atoms with Crippen molar-refractivity contribution in [3.8, 4) is 0 Å². The number of carbonyl (C=O) groups excluding carboxylic acids is 1. The van der Waals surface area contributed by atoms with Crippen LogP contribution < -0.4 is 4.90 Å². The van der Waals surface area contributed by atoms with Gasteiger partial charge in [-0.15, -0.1) is 0 Å². The summed E-state index contributed by atoms with van der Waals surface area (Å²) in [5.74, 6) is 1.67. The van der Waals surface area contributed by atoms with Crippen LogP contribution in [-0.4, -0.2) is 67.6 Å². The summed E-state index contributed by atoms with van der Waals surface area (Å²) in [4.78, 5) is 21.2.